The molecule has 0 atom stereocenters. The number of carbonyl (C=O) groups excluding carboxylic acids is 1. The number of nitrogens with two attached hydrogens (primary N) is 1. The number of carbonyl (C=O) groups is 1. The summed E-state index contributed by atoms with van der Waals surface area (Å²) < 4.78 is 1.86. The molecule has 8 nitrogen and oxygen atoms in total. The highest BCUT2D eigenvalue weighted by Crippen LogP contribution is 2.37. The van der Waals surface area contributed by atoms with Crippen LogP contribution in [0.4, 0.5) is 5.82 Å². The van der Waals surface area contributed by atoms with Crippen LogP contribution in [0.3, 0.4) is 0 Å². The van der Waals surface area contributed by atoms with Gasteiger partial charge in [0.05, 0.1) is 5.02 Å². The van der Waals surface area contributed by atoms with Gasteiger partial charge in [-0.15, -0.1) is 0 Å². The second kappa shape index (κ2) is 8.84. The summed E-state index contributed by atoms with van der Waals surface area (Å²) in [6.07, 6.45) is 1.15. The molecule has 35 heavy (non-hydrogen) atoms. The molecule has 1 aliphatic heterocycles. The summed E-state index contributed by atoms with van der Waals surface area (Å²) in [5.41, 5.74) is 7.55. The molecular weight excluding hydrogens is 485 g/mol. The molecule has 0 aliphatic carbocycles. The molecule has 5 rings (SSSR count). The third kappa shape index (κ3) is 4.07. The molecule has 3 heterocycles. The van der Waals surface area contributed by atoms with E-state index < -0.39 is 5.41 Å². The van der Waals surface area contributed by atoms with Crippen LogP contribution in [0.15, 0.2) is 48.5 Å². The number of fused-ring (bicyclic) bond motifs is 1. The van der Waals surface area contributed by atoms with E-state index in [0.29, 0.717) is 64.3 Å². The van der Waals surface area contributed by atoms with Crippen LogP contribution in [-0.4, -0.2) is 38.5 Å². The molecule has 176 valence electrons. The number of halogens is 2. The first-order chi connectivity index (χ1) is 16.8. The first-order valence-corrected chi connectivity index (χ1v) is 11.8. The molecule has 0 bridgehead atoms. The molecule has 1 aliphatic rings. The number of hydrogen-bond acceptors (Lipinski definition) is 6. The highest BCUT2D eigenvalue weighted by atomic mass is 35.5. The molecule has 0 radical (unpaired) electrons. The Bertz CT molecular complexity index is 1480. The fourth-order valence-corrected chi connectivity index (χ4v) is 4.68. The van der Waals surface area contributed by atoms with E-state index in [9.17, 15) is 10.1 Å². The van der Waals surface area contributed by atoms with Crippen LogP contribution in [0.25, 0.3) is 28.2 Å². The van der Waals surface area contributed by atoms with Crippen molar-refractivity contribution in [3.8, 4) is 23.1 Å². The molecule has 2 aromatic carbocycles. The van der Waals surface area contributed by atoms with Crippen molar-refractivity contribution in [1.29, 1.82) is 5.26 Å². The SMILES string of the molecule is CC1(C(N)=O)CCN(c2nc(C#N)nc3c2nc(-c2ccccc2Cl)n3-c2ccc(Cl)cc2)CC1. The summed E-state index contributed by atoms with van der Waals surface area (Å²) in [6.45, 7) is 2.98. The third-order valence-electron chi connectivity index (χ3n) is 6.55. The quantitative estimate of drug-likeness (QED) is 0.427. The first-order valence-electron chi connectivity index (χ1n) is 11.1. The Hall–Kier alpha value is -3.67. The van der Waals surface area contributed by atoms with Gasteiger partial charge in [0.1, 0.15) is 11.9 Å². The van der Waals surface area contributed by atoms with Crippen LogP contribution in [0.5, 0.6) is 0 Å². The number of anilines is 1. The molecule has 1 amide bonds. The van der Waals surface area contributed by atoms with Crippen molar-refractivity contribution in [2.75, 3.05) is 18.0 Å². The van der Waals surface area contributed by atoms with Gasteiger partial charge in [0, 0.05) is 34.8 Å². The average Bonchev–Trinajstić information content (AvgIpc) is 3.24. The van der Waals surface area contributed by atoms with Crippen LogP contribution in [0.2, 0.25) is 10.0 Å². The molecule has 1 saturated heterocycles. The lowest BCUT2D eigenvalue weighted by Crippen LogP contribution is -2.45. The van der Waals surface area contributed by atoms with E-state index in [4.69, 9.17) is 33.9 Å². The Morgan fingerprint density at radius 1 is 1.06 bits per heavy atom. The van der Waals surface area contributed by atoms with E-state index in [0.717, 1.165) is 5.69 Å². The largest absolute Gasteiger partial charge is 0.369 e. The van der Waals surface area contributed by atoms with Gasteiger partial charge in [-0.3, -0.25) is 9.36 Å². The van der Waals surface area contributed by atoms with Gasteiger partial charge in [0.25, 0.3) is 0 Å². The van der Waals surface area contributed by atoms with E-state index in [1.54, 1.807) is 18.2 Å². The van der Waals surface area contributed by atoms with Gasteiger partial charge in [-0.25, -0.2) is 4.98 Å². The predicted molar refractivity (Wildman–Crippen MR) is 136 cm³/mol. The number of benzene rings is 2. The molecule has 2 N–H and O–H groups in total. The van der Waals surface area contributed by atoms with E-state index in [1.165, 1.54) is 0 Å². The summed E-state index contributed by atoms with van der Waals surface area (Å²) >= 11 is 12.7. The number of nitrogens with zero attached hydrogens (tertiary/aromatic N) is 6. The molecule has 0 spiro atoms. The van der Waals surface area contributed by atoms with Gasteiger partial charge < -0.3 is 10.6 Å². The maximum Gasteiger partial charge on any atom is 0.236 e. The molecule has 0 saturated carbocycles. The number of amides is 1. The Morgan fingerprint density at radius 3 is 2.37 bits per heavy atom. The van der Waals surface area contributed by atoms with E-state index in [1.807, 2.05) is 46.7 Å². The second-order valence-corrected chi connectivity index (χ2v) is 9.64. The smallest absolute Gasteiger partial charge is 0.236 e. The van der Waals surface area contributed by atoms with Gasteiger partial charge in [0.2, 0.25) is 11.7 Å². The number of aromatic nitrogens is 4. The molecule has 2 aromatic heterocycles. The second-order valence-electron chi connectivity index (χ2n) is 8.79. The average molecular weight is 506 g/mol. The maximum absolute atomic E-state index is 11.9. The molecule has 4 aromatic rings. The number of nitriles is 1. The van der Waals surface area contributed by atoms with Crippen molar-refractivity contribution in [1.82, 2.24) is 19.5 Å². The summed E-state index contributed by atoms with van der Waals surface area (Å²) in [7, 11) is 0. The van der Waals surface area contributed by atoms with Gasteiger partial charge in [-0.1, -0.05) is 42.3 Å². The van der Waals surface area contributed by atoms with Crippen molar-refractivity contribution in [3.05, 3.63) is 64.4 Å². The van der Waals surface area contributed by atoms with Gasteiger partial charge in [0.15, 0.2) is 17.0 Å². The first kappa shape index (κ1) is 23.1. The zero-order valence-electron chi connectivity index (χ0n) is 18.9. The van der Waals surface area contributed by atoms with Crippen molar-refractivity contribution in [2.24, 2.45) is 11.1 Å². The Morgan fingerprint density at radius 2 is 1.74 bits per heavy atom. The Kier molecular flexibility index (Phi) is 5.83. The topological polar surface area (TPSA) is 114 Å². The van der Waals surface area contributed by atoms with Crippen molar-refractivity contribution >= 4 is 46.1 Å². The standard InChI is InChI=1S/C25H21Cl2N7O/c1-25(24(29)35)10-12-33(13-11-25)22-20-23(31-19(14-28)30-22)34(16-8-6-15(26)7-9-16)21(32-20)17-4-2-3-5-18(17)27/h2-9H,10-13H2,1H3,(H2,29,35). The minimum absolute atomic E-state index is 0.0246. The fourth-order valence-electron chi connectivity index (χ4n) is 4.33. The Balaban J connectivity index is 1.74. The van der Waals surface area contributed by atoms with Crippen LogP contribution in [-0.2, 0) is 4.79 Å². The minimum Gasteiger partial charge on any atom is -0.369 e. The predicted octanol–water partition coefficient (Wildman–Crippen LogP) is 4.75. The summed E-state index contributed by atoms with van der Waals surface area (Å²) in [5, 5.41) is 10.8. The van der Waals surface area contributed by atoms with Crippen LogP contribution in [0.1, 0.15) is 25.6 Å². The van der Waals surface area contributed by atoms with Gasteiger partial charge in [-0.2, -0.15) is 15.2 Å². The van der Waals surface area contributed by atoms with Gasteiger partial charge in [-0.05, 0) is 49.2 Å². The van der Waals surface area contributed by atoms with Gasteiger partial charge >= 0.3 is 0 Å². The van der Waals surface area contributed by atoms with Crippen molar-refractivity contribution in [2.45, 2.75) is 19.8 Å². The van der Waals surface area contributed by atoms with E-state index in [2.05, 4.69) is 16.0 Å². The fraction of sp³-hybridized carbons (Fsp3) is 0.240. The highest BCUT2D eigenvalue weighted by Gasteiger charge is 2.36. The Labute approximate surface area is 211 Å². The summed E-state index contributed by atoms with van der Waals surface area (Å²) in [4.78, 5) is 28.0. The third-order valence-corrected chi connectivity index (χ3v) is 7.13. The van der Waals surface area contributed by atoms with Crippen LogP contribution >= 0.6 is 23.2 Å². The van der Waals surface area contributed by atoms with E-state index >= 15 is 0 Å². The minimum atomic E-state index is -0.577. The normalized spacial score (nSPS) is 15.2. The van der Waals surface area contributed by atoms with Crippen molar-refractivity contribution < 1.29 is 4.79 Å². The maximum atomic E-state index is 11.9. The van der Waals surface area contributed by atoms with Crippen LogP contribution in [0, 0.1) is 16.7 Å². The summed E-state index contributed by atoms with van der Waals surface area (Å²) in [6, 6.07) is 16.8. The molecular formula is C25H21Cl2N7O. The number of primary amides is 1. The zero-order valence-corrected chi connectivity index (χ0v) is 20.4. The molecule has 1 fully saturated rings. The number of piperidine rings is 1. The monoisotopic (exact) mass is 505 g/mol. The van der Waals surface area contributed by atoms with Crippen LogP contribution < -0.4 is 10.6 Å². The molecule has 0 unspecified atom stereocenters. The molecule has 10 heteroatoms. The number of rotatable bonds is 4. The highest BCUT2D eigenvalue weighted by molar-refractivity contribution is 6.33. The summed E-state index contributed by atoms with van der Waals surface area (Å²) in [5.74, 6) is 0.823. The zero-order chi connectivity index (χ0) is 24.7. The lowest BCUT2D eigenvalue weighted by atomic mass is 9.80. The lowest BCUT2D eigenvalue weighted by Gasteiger charge is -2.37. The lowest BCUT2D eigenvalue weighted by molar-refractivity contribution is -0.127. The number of imidazole rings is 1. The number of hydrogen-bond donors (Lipinski definition) is 1. The van der Waals surface area contributed by atoms with Crippen molar-refractivity contribution in [3.63, 3.8) is 0 Å². The van der Waals surface area contributed by atoms with E-state index in [-0.39, 0.29) is 11.7 Å².